The third-order valence-corrected chi connectivity index (χ3v) is 6.04. The van der Waals surface area contributed by atoms with Gasteiger partial charge in [-0.05, 0) is 19.9 Å². The normalized spacial score (nSPS) is 23.8. The van der Waals surface area contributed by atoms with Crippen LogP contribution < -0.4 is 4.74 Å². The summed E-state index contributed by atoms with van der Waals surface area (Å²) in [4.78, 5) is 36.8. The van der Waals surface area contributed by atoms with Crippen molar-refractivity contribution in [2.24, 2.45) is 5.92 Å². The molecule has 0 N–H and O–H groups in total. The fraction of sp³-hybridized carbons (Fsp3) is 0.273. The number of hydrogen-bond acceptors (Lipinski definition) is 6. The van der Waals surface area contributed by atoms with Crippen molar-refractivity contribution in [1.82, 2.24) is 0 Å². The predicted octanol–water partition coefficient (Wildman–Crippen LogP) is 3.67. The van der Waals surface area contributed by atoms with E-state index >= 15 is 0 Å². The molecular weight excluding hydrogens is 374 g/mol. The summed E-state index contributed by atoms with van der Waals surface area (Å²) in [5.41, 5.74) is 0.908. The molecule has 0 fully saturated rings. The van der Waals surface area contributed by atoms with Crippen LogP contribution in [0, 0.1) is 16.0 Å². The molecule has 0 bridgehead atoms. The summed E-state index contributed by atoms with van der Waals surface area (Å²) < 4.78 is 12.1. The SMILES string of the molecule is CC1(C)OC2=C(C(=O)C(=O)c3ccccc32)[C@@H]2c3cc([N+](=O)[O-])ccc3OC[C@@H]21. The number of rotatable bonds is 1. The third kappa shape index (κ3) is 2.36. The van der Waals surface area contributed by atoms with E-state index in [1.165, 1.54) is 12.1 Å². The molecule has 0 unspecified atom stereocenters. The Balaban J connectivity index is 1.81. The molecule has 0 spiro atoms. The van der Waals surface area contributed by atoms with Gasteiger partial charge in [-0.15, -0.1) is 0 Å². The third-order valence-electron chi connectivity index (χ3n) is 6.04. The minimum absolute atomic E-state index is 0.0885. The van der Waals surface area contributed by atoms with Gasteiger partial charge in [-0.1, -0.05) is 24.3 Å². The highest BCUT2D eigenvalue weighted by Crippen LogP contribution is 2.55. The van der Waals surface area contributed by atoms with Gasteiger partial charge < -0.3 is 9.47 Å². The van der Waals surface area contributed by atoms with Crippen LogP contribution >= 0.6 is 0 Å². The minimum Gasteiger partial charge on any atom is -0.493 e. The number of nitro benzene ring substituents is 1. The highest BCUT2D eigenvalue weighted by molar-refractivity contribution is 6.52. The highest BCUT2D eigenvalue weighted by Gasteiger charge is 2.53. The van der Waals surface area contributed by atoms with Crippen molar-refractivity contribution in [3.05, 3.63) is 74.8 Å². The highest BCUT2D eigenvalue weighted by atomic mass is 16.6. The monoisotopic (exact) mass is 391 g/mol. The van der Waals surface area contributed by atoms with Gasteiger partial charge in [0.25, 0.3) is 5.69 Å². The number of carbonyl (C=O) groups is 2. The number of allylic oxidation sites excluding steroid dienone is 1. The zero-order valence-electron chi connectivity index (χ0n) is 15.8. The zero-order chi connectivity index (χ0) is 20.5. The molecule has 7 heteroatoms. The molecule has 2 aromatic rings. The number of ketones is 2. The molecular formula is C22H17NO6. The summed E-state index contributed by atoms with van der Waals surface area (Å²) >= 11 is 0. The van der Waals surface area contributed by atoms with E-state index in [1.807, 2.05) is 13.8 Å². The standard InChI is InChI=1S/C22H17NO6/c1-22(2)15-10-28-16-8-7-11(23(26)27)9-14(16)17(15)18-20(25)19(24)12-5-3-4-6-13(12)21(18)29-22/h3-9,15,17H,10H2,1-2H3/t15-,17+/m0/s1. The molecule has 0 radical (unpaired) electrons. The Kier molecular flexibility index (Phi) is 3.50. The van der Waals surface area contributed by atoms with Crippen molar-refractivity contribution in [1.29, 1.82) is 0 Å². The number of non-ortho nitro benzene ring substituents is 1. The molecule has 0 amide bonds. The van der Waals surface area contributed by atoms with Crippen LogP contribution in [0.4, 0.5) is 5.69 Å². The van der Waals surface area contributed by atoms with Gasteiger partial charge in [0.1, 0.15) is 17.1 Å². The second-order valence-corrected chi connectivity index (χ2v) is 8.03. The quantitative estimate of drug-likeness (QED) is 0.418. The van der Waals surface area contributed by atoms with E-state index in [4.69, 9.17) is 9.47 Å². The Morgan fingerprint density at radius 2 is 1.79 bits per heavy atom. The number of carbonyl (C=O) groups excluding carboxylic acids is 2. The average molecular weight is 391 g/mol. The van der Waals surface area contributed by atoms with E-state index in [9.17, 15) is 19.7 Å². The van der Waals surface area contributed by atoms with Crippen LogP contribution in [0.5, 0.6) is 5.75 Å². The lowest BCUT2D eigenvalue weighted by atomic mass is 9.66. The number of Topliss-reactive ketones (excluding diaryl/α,β-unsaturated/α-hetero) is 2. The fourth-order valence-corrected chi connectivity index (χ4v) is 4.58. The van der Waals surface area contributed by atoms with Crippen LogP contribution in [-0.2, 0) is 9.53 Å². The van der Waals surface area contributed by atoms with Crippen LogP contribution in [0.3, 0.4) is 0 Å². The van der Waals surface area contributed by atoms with Gasteiger partial charge in [0.2, 0.25) is 11.6 Å². The van der Waals surface area contributed by atoms with Crippen LogP contribution in [0.15, 0.2) is 48.0 Å². The maximum absolute atomic E-state index is 13.2. The first-order valence-corrected chi connectivity index (χ1v) is 9.32. The Labute approximate surface area is 166 Å². The summed E-state index contributed by atoms with van der Waals surface area (Å²) in [5, 5.41) is 11.3. The van der Waals surface area contributed by atoms with Gasteiger partial charge in [-0.25, -0.2) is 0 Å². The van der Waals surface area contributed by atoms with Crippen LogP contribution in [0.25, 0.3) is 5.76 Å². The van der Waals surface area contributed by atoms with Gasteiger partial charge >= 0.3 is 0 Å². The molecule has 29 heavy (non-hydrogen) atoms. The molecule has 2 aromatic carbocycles. The number of benzene rings is 2. The van der Waals surface area contributed by atoms with E-state index in [0.29, 0.717) is 28.2 Å². The van der Waals surface area contributed by atoms with Crippen LogP contribution in [-0.4, -0.2) is 28.7 Å². The lowest BCUT2D eigenvalue weighted by Gasteiger charge is -2.48. The molecule has 0 saturated carbocycles. The number of hydrogen-bond donors (Lipinski definition) is 0. The van der Waals surface area contributed by atoms with Crippen molar-refractivity contribution in [2.75, 3.05) is 6.61 Å². The predicted molar refractivity (Wildman–Crippen MR) is 103 cm³/mol. The van der Waals surface area contributed by atoms with Crippen LogP contribution in [0.2, 0.25) is 0 Å². The summed E-state index contributed by atoms with van der Waals surface area (Å²) in [6.07, 6.45) is 0. The minimum atomic E-state index is -0.709. The molecule has 0 saturated heterocycles. The number of nitro groups is 1. The summed E-state index contributed by atoms with van der Waals surface area (Å²) in [6.45, 7) is 4.09. The molecule has 2 atom stereocenters. The van der Waals surface area contributed by atoms with Crippen molar-refractivity contribution in [3.63, 3.8) is 0 Å². The summed E-state index contributed by atoms with van der Waals surface area (Å²) in [5.74, 6) is -1.14. The van der Waals surface area contributed by atoms with E-state index in [2.05, 4.69) is 0 Å². The topological polar surface area (TPSA) is 95.7 Å². The lowest BCUT2D eigenvalue weighted by Crippen LogP contribution is -2.49. The van der Waals surface area contributed by atoms with Crippen molar-refractivity contribution in [3.8, 4) is 5.75 Å². The maximum atomic E-state index is 13.2. The second-order valence-electron chi connectivity index (χ2n) is 8.03. The van der Waals surface area contributed by atoms with E-state index in [-0.39, 0.29) is 23.8 Å². The number of ether oxygens (including phenoxy) is 2. The number of fused-ring (bicyclic) bond motifs is 6. The van der Waals surface area contributed by atoms with Crippen molar-refractivity contribution >= 4 is 23.0 Å². The van der Waals surface area contributed by atoms with Crippen LogP contribution in [0.1, 0.15) is 41.3 Å². The largest absolute Gasteiger partial charge is 0.493 e. The first kappa shape index (κ1) is 17.6. The summed E-state index contributed by atoms with van der Waals surface area (Å²) in [7, 11) is 0. The zero-order valence-corrected chi connectivity index (χ0v) is 15.8. The average Bonchev–Trinajstić information content (AvgIpc) is 2.70. The fourth-order valence-electron chi connectivity index (χ4n) is 4.58. The Morgan fingerprint density at radius 1 is 1.07 bits per heavy atom. The Hall–Kier alpha value is -3.48. The second kappa shape index (κ2) is 5.76. The van der Waals surface area contributed by atoms with E-state index in [0.717, 1.165) is 0 Å². The Morgan fingerprint density at radius 3 is 2.52 bits per heavy atom. The smallest absolute Gasteiger partial charge is 0.269 e. The molecule has 146 valence electrons. The molecule has 2 heterocycles. The van der Waals surface area contributed by atoms with Crippen molar-refractivity contribution in [2.45, 2.75) is 25.4 Å². The van der Waals surface area contributed by atoms with Gasteiger partial charge in [0.15, 0.2) is 0 Å². The molecule has 7 nitrogen and oxygen atoms in total. The molecule has 1 aliphatic carbocycles. The summed E-state index contributed by atoms with van der Waals surface area (Å²) in [6, 6.07) is 11.2. The van der Waals surface area contributed by atoms with Crippen molar-refractivity contribution < 1.29 is 24.0 Å². The first-order valence-electron chi connectivity index (χ1n) is 9.32. The van der Waals surface area contributed by atoms with Gasteiger partial charge in [-0.3, -0.25) is 19.7 Å². The number of nitrogens with zero attached hydrogens (tertiary/aromatic N) is 1. The first-order chi connectivity index (χ1) is 13.8. The lowest BCUT2D eigenvalue weighted by molar-refractivity contribution is -0.385. The van der Waals surface area contributed by atoms with Gasteiger partial charge in [0, 0.05) is 40.7 Å². The maximum Gasteiger partial charge on any atom is 0.269 e. The van der Waals surface area contributed by atoms with E-state index < -0.39 is 28.0 Å². The molecule has 0 aromatic heterocycles. The molecule has 3 aliphatic rings. The van der Waals surface area contributed by atoms with Gasteiger partial charge in [0.05, 0.1) is 17.1 Å². The molecule has 2 aliphatic heterocycles. The van der Waals surface area contributed by atoms with E-state index in [1.54, 1.807) is 30.3 Å². The molecule has 5 rings (SSSR count). The Bertz CT molecular complexity index is 1150. The van der Waals surface area contributed by atoms with Gasteiger partial charge in [-0.2, -0.15) is 0 Å².